The zero-order valence-corrected chi connectivity index (χ0v) is 11.5. The van der Waals surface area contributed by atoms with Crippen LogP contribution < -0.4 is 5.32 Å². The predicted octanol–water partition coefficient (Wildman–Crippen LogP) is 2.85. The molecule has 0 aromatic carbocycles. The Morgan fingerprint density at radius 3 is 2.88 bits per heavy atom. The molecule has 0 aliphatic heterocycles. The standard InChI is InChI=1S/C11H18N2OS2/c1-4-9(11-12-5-6-15-11)13-10(14)7-16-8(2)3/h5-6,8-9H,4,7H2,1-3H3,(H,13,14)/t9-/m1/s1. The molecule has 0 saturated heterocycles. The fraction of sp³-hybridized carbons (Fsp3) is 0.636. The van der Waals surface area contributed by atoms with Crippen LogP contribution in [0.25, 0.3) is 0 Å². The van der Waals surface area contributed by atoms with E-state index in [1.165, 1.54) is 0 Å². The lowest BCUT2D eigenvalue weighted by atomic mass is 10.2. The lowest BCUT2D eigenvalue weighted by molar-refractivity contribution is -0.119. The minimum atomic E-state index is 0.0697. The second-order valence-electron chi connectivity index (χ2n) is 3.76. The molecule has 3 nitrogen and oxygen atoms in total. The number of nitrogens with one attached hydrogen (secondary N) is 1. The summed E-state index contributed by atoms with van der Waals surface area (Å²) in [5, 5.41) is 6.43. The smallest absolute Gasteiger partial charge is 0.230 e. The van der Waals surface area contributed by atoms with Gasteiger partial charge in [-0.3, -0.25) is 4.79 Å². The van der Waals surface area contributed by atoms with Gasteiger partial charge in [-0.2, -0.15) is 0 Å². The molecular weight excluding hydrogens is 240 g/mol. The molecule has 1 aromatic heterocycles. The van der Waals surface area contributed by atoms with Gasteiger partial charge in [0.25, 0.3) is 0 Å². The number of carbonyl (C=O) groups excluding carboxylic acids is 1. The SMILES string of the molecule is CC[C@@H](NC(=O)CSC(C)C)c1nccs1. The van der Waals surface area contributed by atoms with Gasteiger partial charge in [-0.15, -0.1) is 23.1 Å². The van der Waals surface area contributed by atoms with Gasteiger partial charge in [-0.05, 0) is 11.7 Å². The highest BCUT2D eigenvalue weighted by Crippen LogP contribution is 2.19. The summed E-state index contributed by atoms with van der Waals surface area (Å²) in [6, 6.07) is 0.0697. The second-order valence-corrected chi connectivity index (χ2v) is 6.25. The first-order valence-corrected chi connectivity index (χ1v) is 7.36. The zero-order valence-electron chi connectivity index (χ0n) is 9.90. The molecule has 0 aliphatic carbocycles. The molecule has 1 atom stereocenters. The maximum absolute atomic E-state index is 11.7. The Kier molecular flexibility index (Phi) is 5.84. The Bertz CT molecular complexity index is 312. The summed E-state index contributed by atoms with van der Waals surface area (Å²) in [5.41, 5.74) is 0. The fourth-order valence-electron chi connectivity index (χ4n) is 1.22. The van der Waals surface area contributed by atoms with Crippen LogP contribution >= 0.6 is 23.1 Å². The number of thiazole rings is 1. The normalized spacial score (nSPS) is 12.8. The van der Waals surface area contributed by atoms with Gasteiger partial charge in [0.2, 0.25) is 5.91 Å². The van der Waals surface area contributed by atoms with Gasteiger partial charge >= 0.3 is 0 Å². The van der Waals surface area contributed by atoms with E-state index in [9.17, 15) is 4.79 Å². The van der Waals surface area contributed by atoms with Gasteiger partial charge in [-0.1, -0.05) is 20.8 Å². The minimum absolute atomic E-state index is 0.0697. The highest BCUT2D eigenvalue weighted by molar-refractivity contribution is 8.00. The Morgan fingerprint density at radius 2 is 2.38 bits per heavy atom. The van der Waals surface area contributed by atoms with Crippen LogP contribution in [0.2, 0.25) is 0 Å². The monoisotopic (exact) mass is 258 g/mol. The van der Waals surface area contributed by atoms with Gasteiger partial charge < -0.3 is 5.32 Å². The van der Waals surface area contributed by atoms with E-state index in [0.29, 0.717) is 11.0 Å². The van der Waals surface area contributed by atoms with Crippen molar-refractivity contribution in [1.82, 2.24) is 10.3 Å². The van der Waals surface area contributed by atoms with Crippen molar-refractivity contribution in [3.05, 3.63) is 16.6 Å². The molecule has 0 aliphatic rings. The predicted molar refractivity (Wildman–Crippen MR) is 70.9 cm³/mol. The molecule has 0 saturated carbocycles. The largest absolute Gasteiger partial charge is 0.346 e. The molecule has 1 amide bonds. The van der Waals surface area contributed by atoms with Crippen molar-refractivity contribution in [3.8, 4) is 0 Å². The quantitative estimate of drug-likeness (QED) is 0.853. The van der Waals surface area contributed by atoms with Crippen molar-refractivity contribution in [2.45, 2.75) is 38.5 Å². The van der Waals surface area contributed by atoms with Crippen molar-refractivity contribution < 1.29 is 4.79 Å². The Morgan fingerprint density at radius 1 is 1.62 bits per heavy atom. The average Bonchev–Trinajstić information content (AvgIpc) is 2.76. The molecule has 0 bridgehead atoms. The van der Waals surface area contributed by atoms with E-state index in [0.717, 1.165) is 11.4 Å². The molecule has 1 N–H and O–H groups in total. The van der Waals surface area contributed by atoms with E-state index in [1.807, 2.05) is 5.38 Å². The van der Waals surface area contributed by atoms with Crippen molar-refractivity contribution in [3.63, 3.8) is 0 Å². The number of hydrogen-bond donors (Lipinski definition) is 1. The van der Waals surface area contributed by atoms with Gasteiger partial charge in [0.1, 0.15) is 5.01 Å². The number of nitrogens with zero attached hydrogens (tertiary/aromatic N) is 1. The van der Waals surface area contributed by atoms with Crippen molar-refractivity contribution >= 4 is 29.0 Å². The van der Waals surface area contributed by atoms with Crippen LogP contribution in [0.3, 0.4) is 0 Å². The van der Waals surface area contributed by atoms with Crippen LogP contribution in [-0.2, 0) is 4.79 Å². The summed E-state index contributed by atoms with van der Waals surface area (Å²) >= 11 is 3.25. The molecule has 1 rings (SSSR count). The van der Waals surface area contributed by atoms with Gasteiger partial charge in [-0.25, -0.2) is 4.98 Å². The molecular formula is C11H18N2OS2. The summed E-state index contributed by atoms with van der Waals surface area (Å²) < 4.78 is 0. The van der Waals surface area contributed by atoms with Crippen LogP contribution in [0.4, 0.5) is 0 Å². The van der Waals surface area contributed by atoms with Gasteiger partial charge in [0.05, 0.1) is 11.8 Å². The third-order valence-corrected chi connectivity index (χ3v) is 4.03. The molecule has 1 aromatic rings. The van der Waals surface area contributed by atoms with Crippen LogP contribution in [0.5, 0.6) is 0 Å². The topological polar surface area (TPSA) is 42.0 Å². The van der Waals surface area contributed by atoms with E-state index in [4.69, 9.17) is 0 Å². The highest BCUT2D eigenvalue weighted by atomic mass is 32.2. The Labute approximate surface area is 105 Å². The lowest BCUT2D eigenvalue weighted by Gasteiger charge is -2.14. The van der Waals surface area contributed by atoms with Crippen LogP contribution in [-0.4, -0.2) is 21.9 Å². The first kappa shape index (κ1) is 13.5. The number of hydrogen-bond acceptors (Lipinski definition) is 4. The molecule has 1 heterocycles. The third-order valence-electron chi connectivity index (χ3n) is 2.04. The number of rotatable bonds is 6. The van der Waals surface area contributed by atoms with E-state index >= 15 is 0 Å². The third kappa shape index (κ3) is 4.53. The minimum Gasteiger partial charge on any atom is -0.346 e. The summed E-state index contributed by atoms with van der Waals surface area (Å²) in [4.78, 5) is 15.9. The maximum Gasteiger partial charge on any atom is 0.230 e. The summed E-state index contributed by atoms with van der Waals surface area (Å²) in [7, 11) is 0. The molecule has 0 unspecified atom stereocenters. The van der Waals surface area contributed by atoms with Gasteiger partial charge in [0, 0.05) is 11.6 Å². The van der Waals surface area contributed by atoms with E-state index in [-0.39, 0.29) is 11.9 Å². The lowest BCUT2D eigenvalue weighted by Crippen LogP contribution is -2.29. The van der Waals surface area contributed by atoms with Crippen molar-refractivity contribution in [2.24, 2.45) is 0 Å². The summed E-state index contributed by atoms with van der Waals surface area (Å²) in [6.45, 7) is 6.24. The molecule has 0 fully saturated rings. The van der Waals surface area contributed by atoms with E-state index < -0.39 is 0 Å². The van der Waals surface area contributed by atoms with Crippen LogP contribution in [0.15, 0.2) is 11.6 Å². The van der Waals surface area contributed by atoms with Crippen molar-refractivity contribution in [1.29, 1.82) is 0 Å². The van der Waals surface area contributed by atoms with E-state index in [2.05, 4.69) is 31.1 Å². The number of thioether (sulfide) groups is 1. The Balaban J connectivity index is 2.42. The first-order chi connectivity index (χ1) is 7.63. The Hall–Kier alpha value is -0.550. The molecule has 90 valence electrons. The number of aromatic nitrogens is 1. The van der Waals surface area contributed by atoms with Gasteiger partial charge in [0.15, 0.2) is 0 Å². The summed E-state index contributed by atoms with van der Waals surface area (Å²) in [6.07, 6.45) is 2.66. The molecule has 0 spiro atoms. The fourth-order valence-corrected chi connectivity index (χ4v) is 2.56. The maximum atomic E-state index is 11.7. The molecule has 16 heavy (non-hydrogen) atoms. The second kappa shape index (κ2) is 6.91. The van der Waals surface area contributed by atoms with Crippen molar-refractivity contribution in [2.75, 3.05) is 5.75 Å². The first-order valence-electron chi connectivity index (χ1n) is 5.43. The highest BCUT2D eigenvalue weighted by Gasteiger charge is 2.14. The number of carbonyl (C=O) groups is 1. The molecule has 5 heteroatoms. The van der Waals surface area contributed by atoms with Crippen LogP contribution in [0.1, 0.15) is 38.2 Å². The average molecular weight is 258 g/mol. The van der Waals surface area contributed by atoms with E-state index in [1.54, 1.807) is 29.3 Å². The van der Waals surface area contributed by atoms with Crippen LogP contribution in [0, 0.1) is 0 Å². The zero-order chi connectivity index (χ0) is 12.0. The number of amides is 1. The summed E-state index contributed by atoms with van der Waals surface area (Å²) in [5.74, 6) is 0.625. The molecule has 0 radical (unpaired) electrons.